The highest BCUT2D eigenvalue weighted by Crippen LogP contribution is 2.29. The van der Waals surface area contributed by atoms with Gasteiger partial charge in [0.2, 0.25) is 0 Å². The number of hydrogen-bond donors (Lipinski definition) is 0. The fraction of sp³-hybridized carbons (Fsp3) is 0.318. The van der Waals surface area contributed by atoms with Crippen LogP contribution in [0, 0.1) is 0 Å². The lowest BCUT2D eigenvalue weighted by Gasteiger charge is -2.18. The minimum Gasteiger partial charge on any atom is -0.497 e. The van der Waals surface area contributed by atoms with Crippen molar-refractivity contribution in [2.24, 2.45) is 0 Å². The summed E-state index contributed by atoms with van der Waals surface area (Å²) in [7, 11) is 3.79. The van der Waals surface area contributed by atoms with Gasteiger partial charge in [-0.15, -0.1) is 0 Å². The second-order valence-electron chi connectivity index (χ2n) is 7.20. The molecule has 2 aromatic carbocycles. The number of halogens is 1. The van der Waals surface area contributed by atoms with E-state index in [1.165, 1.54) is 18.4 Å². The Morgan fingerprint density at radius 2 is 2.00 bits per heavy atom. The van der Waals surface area contributed by atoms with Gasteiger partial charge in [-0.3, -0.25) is 9.36 Å². The second-order valence-corrected chi connectivity index (χ2v) is 7.64. The second kappa shape index (κ2) is 7.37. The normalized spacial score (nSPS) is 17.5. The zero-order valence-corrected chi connectivity index (χ0v) is 16.4. The van der Waals surface area contributed by atoms with Crippen LogP contribution in [0.5, 0.6) is 5.75 Å². The first-order valence-corrected chi connectivity index (χ1v) is 9.63. The van der Waals surface area contributed by atoms with E-state index in [0.717, 1.165) is 29.6 Å². The summed E-state index contributed by atoms with van der Waals surface area (Å²) >= 11 is 6.26. The van der Waals surface area contributed by atoms with Crippen LogP contribution < -0.4 is 4.74 Å². The molecule has 2 heterocycles. The fourth-order valence-electron chi connectivity index (χ4n) is 3.96. The van der Waals surface area contributed by atoms with E-state index in [0.29, 0.717) is 16.6 Å². The maximum Gasteiger partial charge on any atom is 0.262 e. The van der Waals surface area contributed by atoms with Crippen molar-refractivity contribution in [3.05, 3.63) is 64.8 Å². The van der Waals surface area contributed by atoms with Gasteiger partial charge in [0.15, 0.2) is 0 Å². The number of carbonyl (C=O) groups is 1. The van der Waals surface area contributed by atoms with Gasteiger partial charge >= 0.3 is 0 Å². The monoisotopic (exact) mass is 382 g/mol. The van der Waals surface area contributed by atoms with Gasteiger partial charge in [-0.05, 0) is 80.9 Å². The van der Waals surface area contributed by atoms with Gasteiger partial charge in [0, 0.05) is 28.2 Å². The van der Waals surface area contributed by atoms with Crippen LogP contribution in [0.3, 0.4) is 0 Å². The first kappa shape index (κ1) is 18.1. The molecule has 1 aliphatic rings. The van der Waals surface area contributed by atoms with Crippen LogP contribution in [-0.4, -0.2) is 42.1 Å². The average molecular weight is 383 g/mol. The van der Waals surface area contributed by atoms with Gasteiger partial charge in [0.25, 0.3) is 5.91 Å². The maximum absolute atomic E-state index is 13.1. The van der Waals surface area contributed by atoms with E-state index in [-0.39, 0.29) is 5.91 Å². The summed E-state index contributed by atoms with van der Waals surface area (Å²) in [6.45, 7) is 1.13. The SMILES string of the molecule is COc1ccc(C(=O)n2cc(CC3CCCN3C)c3cc(Cl)ccc32)cc1. The number of benzene rings is 2. The lowest BCUT2D eigenvalue weighted by molar-refractivity contribution is 0.0964. The maximum atomic E-state index is 13.1. The number of fused-ring (bicyclic) bond motifs is 1. The van der Waals surface area contributed by atoms with Crippen molar-refractivity contribution >= 4 is 28.4 Å². The number of rotatable bonds is 4. The van der Waals surface area contributed by atoms with Crippen LogP contribution in [0.4, 0.5) is 0 Å². The van der Waals surface area contributed by atoms with E-state index in [1.807, 2.05) is 36.5 Å². The minimum atomic E-state index is -0.0454. The van der Waals surface area contributed by atoms with Crippen molar-refractivity contribution < 1.29 is 9.53 Å². The molecule has 0 spiro atoms. The predicted octanol–water partition coefficient (Wildman–Crippen LogP) is 4.63. The summed E-state index contributed by atoms with van der Waals surface area (Å²) in [6.07, 6.45) is 5.33. The number of likely N-dealkylation sites (N-methyl/N-ethyl adjacent to an activating group) is 1. The Kier molecular flexibility index (Phi) is 4.94. The standard InChI is InChI=1S/C22H23ClN2O2/c1-24-11-3-4-18(24)12-16-14-25(21-10-7-17(23)13-20(16)21)22(26)15-5-8-19(27-2)9-6-15/h5-10,13-14,18H,3-4,11-12H2,1-2H3. The van der Waals surface area contributed by atoms with E-state index in [4.69, 9.17) is 16.3 Å². The molecule has 0 radical (unpaired) electrons. The molecule has 1 fully saturated rings. The predicted molar refractivity (Wildman–Crippen MR) is 109 cm³/mol. The Morgan fingerprint density at radius 3 is 2.67 bits per heavy atom. The van der Waals surface area contributed by atoms with Gasteiger partial charge in [-0.1, -0.05) is 11.6 Å². The van der Waals surface area contributed by atoms with Crippen LogP contribution in [0.15, 0.2) is 48.7 Å². The number of hydrogen-bond acceptors (Lipinski definition) is 3. The van der Waals surface area contributed by atoms with Gasteiger partial charge in [-0.25, -0.2) is 0 Å². The molecular weight excluding hydrogens is 360 g/mol. The molecule has 1 aromatic heterocycles. The van der Waals surface area contributed by atoms with Crippen molar-refractivity contribution in [1.29, 1.82) is 0 Å². The molecule has 1 atom stereocenters. The summed E-state index contributed by atoms with van der Waals surface area (Å²) in [5, 5.41) is 1.75. The summed E-state index contributed by atoms with van der Waals surface area (Å²) in [4.78, 5) is 15.5. The topological polar surface area (TPSA) is 34.5 Å². The van der Waals surface area contributed by atoms with Gasteiger partial charge < -0.3 is 9.64 Å². The summed E-state index contributed by atoms with van der Waals surface area (Å²) in [6, 6.07) is 13.5. The van der Waals surface area contributed by atoms with Crippen LogP contribution in [0.25, 0.3) is 10.9 Å². The van der Waals surface area contributed by atoms with Crippen LogP contribution in [-0.2, 0) is 6.42 Å². The minimum absolute atomic E-state index is 0.0454. The molecule has 4 nitrogen and oxygen atoms in total. The Labute approximate surface area is 164 Å². The van der Waals surface area contributed by atoms with Gasteiger partial charge in [0.05, 0.1) is 12.6 Å². The number of ether oxygens (including phenoxy) is 1. The van der Waals surface area contributed by atoms with Gasteiger partial charge in [-0.2, -0.15) is 0 Å². The molecule has 0 aliphatic carbocycles. The quantitative estimate of drug-likeness (QED) is 0.659. The van der Waals surface area contributed by atoms with E-state index < -0.39 is 0 Å². The smallest absolute Gasteiger partial charge is 0.262 e. The van der Waals surface area contributed by atoms with Crippen molar-refractivity contribution in [3.63, 3.8) is 0 Å². The lowest BCUT2D eigenvalue weighted by Crippen LogP contribution is -2.26. The van der Waals surface area contributed by atoms with Gasteiger partial charge in [0.1, 0.15) is 5.75 Å². The summed E-state index contributed by atoms with van der Waals surface area (Å²) in [5.74, 6) is 0.691. The molecule has 0 bridgehead atoms. The number of nitrogens with zero attached hydrogens (tertiary/aromatic N) is 2. The van der Waals surface area contributed by atoms with Crippen LogP contribution in [0.2, 0.25) is 5.02 Å². The third-order valence-electron chi connectivity index (χ3n) is 5.53. The Hall–Kier alpha value is -2.30. The Balaban J connectivity index is 1.74. The van der Waals surface area contributed by atoms with E-state index in [1.54, 1.807) is 23.8 Å². The molecule has 140 valence electrons. The van der Waals surface area contributed by atoms with E-state index >= 15 is 0 Å². The largest absolute Gasteiger partial charge is 0.497 e. The molecule has 0 amide bonds. The third-order valence-corrected chi connectivity index (χ3v) is 5.77. The van der Waals surface area contributed by atoms with Crippen molar-refractivity contribution in [1.82, 2.24) is 9.47 Å². The highest BCUT2D eigenvalue weighted by molar-refractivity contribution is 6.31. The van der Waals surface area contributed by atoms with E-state index in [9.17, 15) is 4.79 Å². The fourth-order valence-corrected chi connectivity index (χ4v) is 4.14. The zero-order chi connectivity index (χ0) is 19.0. The molecule has 5 heteroatoms. The van der Waals surface area contributed by atoms with Crippen molar-refractivity contribution in [2.45, 2.75) is 25.3 Å². The van der Waals surface area contributed by atoms with Crippen LogP contribution in [0.1, 0.15) is 28.8 Å². The van der Waals surface area contributed by atoms with Crippen molar-refractivity contribution in [3.8, 4) is 5.75 Å². The number of likely N-dealkylation sites (tertiary alicyclic amines) is 1. The summed E-state index contributed by atoms with van der Waals surface area (Å²) < 4.78 is 6.94. The molecule has 0 saturated carbocycles. The third kappa shape index (κ3) is 3.47. The molecule has 27 heavy (non-hydrogen) atoms. The molecule has 1 unspecified atom stereocenters. The first-order chi connectivity index (χ1) is 13.1. The molecule has 4 rings (SSSR count). The molecule has 3 aromatic rings. The molecule has 1 aliphatic heterocycles. The zero-order valence-electron chi connectivity index (χ0n) is 15.6. The molecule has 1 saturated heterocycles. The van der Waals surface area contributed by atoms with Crippen LogP contribution >= 0.6 is 11.6 Å². The van der Waals surface area contributed by atoms with E-state index in [2.05, 4.69) is 11.9 Å². The lowest BCUT2D eigenvalue weighted by atomic mass is 10.0. The molecule has 0 N–H and O–H groups in total. The highest BCUT2D eigenvalue weighted by Gasteiger charge is 2.24. The van der Waals surface area contributed by atoms with Crippen molar-refractivity contribution in [2.75, 3.05) is 20.7 Å². The average Bonchev–Trinajstić information content (AvgIpc) is 3.25. The molecular formula is C22H23ClN2O2. The number of methoxy groups -OCH3 is 1. The highest BCUT2D eigenvalue weighted by atomic mass is 35.5. The number of carbonyl (C=O) groups excluding carboxylic acids is 1. The number of aromatic nitrogens is 1. The Morgan fingerprint density at radius 1 is 1.22 bits per heavy atom. The summed E-state index contributed by atoms with van der Waals surface area (Å²) in [5.41, 5.74) is 2.70. The first-order valence-electron chi connectivity index (χ1n) is 9.25. The Bertz CT molecular complexity index is 978.